The second-order valence-corrected chi connectivity index (χ2v) is 6.83. The van der Waals surface area contributed by atoms with Crippen molar-refractivity contribution in [2.45, 2.75) is 56.4 Å². The van der Waals surface area contributed by atoms with Crippen molar-refractivity contribution in [2.75, 3.05) is 19.6 Å². The van der Waals surface area contributed by atoms with Gasteiger partial charge in [0.15, 0.2) is 0 Å². The molecule has 21 heavy (non-hydrogen) atoms. The highest BCUT2D eigenvalue weighted by atomic mass is 15.5. The molecule has 3 N–H and O–H groups in total. The summed E-state index contributed by atoms with van der Waals surface area (Å²) in [6, 6.07) is 11.0. The number of rotatable bonds is 4. The van der Waals surface area contributed by atoms with E-state index < -0.39 is 0 Å². The van der Waals surface area contributed by atoms with Crippen LogP contribution in [0.25, 0.3) is 0 Å². The first-order valence-corrected chi connectivity index (χ1v) is 8.59. The zero-order chi connectivity index (χ0) is 14.5. The Morgan fingerprint density at radius 3 is 2.33 bits per heavy atom. The SMILES string of the molecule is NCC1(NN2CCCCC2)CCC(c2ccccc2)CC1. The molecule has 3 rings (SSSR count). The molecule has 3 nitrogen and oxygen atoms in total. The van der Waals surface area contributed by atoms with Crippen LogP contribution in [0.4, 0.5) is 0 Å². The van der Waals surface area contributed by atoms with Gasteiger partial charge >= 0.3 is 0 Å². The molecule has 1 aliphatic heterocycles. The second kappa shape index (κ2) is 6.91. The molecule has 0 bridgehead atoms. The zero-order valence-corrected chi connectivity index (χ0v) is 13.1. The van der Waals surface area contributed by atoms with E-state index >= 15 is 0 Å². The van der Waals surface area contributed by atoms with Gasteiger partial charge in [0.05, 0.1) is 0 Å². The summed E-state index contributed by atoms with van der Waals surface area (Å²) in [5.74, 6) is 0.717. The molecule has 1 aromatic carbocycles. The quantitative estimate of drug-likeness (QED) is 0.894. The molecule has 0 aromatic heterocycles. The highest BCUT2D eigenvalue weighted by Crippen LogP contribution is 2.37. The van der Waals surface area contributed by atoms with E-state index in [1.165, 1.54) is 63.6 Å². The second-order valence-electron chi connectivity index (χ2n) is 6.83. The van der Waals surface area contributed by atoms with Crippen LogP contribution in [0, 0.1) is 0 Å². The van der Waals surface area contributed by atoms with Crippen molar-refractivity contribution in [1.82, 2.24) is 10.4 Å². The van der Waals surface area contributed by atoms with Gasteiger partial charge in [-0.3, -0.25) is 0 Å². The number of piperidine rings is 1. The minimum atomic E-state index is 0.141. The largest absolute Gasteiger partial charge is 0.329 e. The predicted octanol–water partition coefficient (Wildman–Crippen LogP) is 3.03. The van der Waals surface area contributed by atoms with Crippen LogP contribution in [0.5, 0.6) is 0 Å². The fourth-order valence-electron chi connectivity index (χ4n) is 3.93. The first kappa shape index (κ1) is 15.0. The number of nitrogens with two attached hydrogens (primary N) is 1. The fourth-order valence-corrected chi connectivity index (χ4v) is 3.93. The Kier molecular flexibility index (Phi) is 4.94. The predicted molar refractivity (Wildman–Crippen MR) is 88.0 cm³/mol. The van der Waals surface area contributed by atoms with Gasteiger partial charge < -0.3 is 5.73 Å². The molecule has 0 spiro atoms. The van der Waals surface area contributed by atoms with E-state index in [2.05, 4.69) is 40.8 Å². The lowest BCUT2D eigenvalue weighted by Gasteiger charge is -2.44. The van der Waals surface area contributed by atoms with Crippen LogP contribution < -0.4 is 11.2 Å². The average molecular weight is 287 g/mol. The van der Waals surface area contributed by atoms with Gasteiger partial charge in [0.1, 0.15) is 0 Å². The lowest BCUT2D eigenvalue weighted by Crippen LogP contribution is -2.60. The molecule has 1 saturated carbocycles. The maximum Gasteiger partial charge on any atom is 0.0448 e. The number of hydrazine groups is 1. The molecule has 1 aliphatic carbocycles. The van der Waals surface area contributed by atoms with Crippen molar-refractivity contribution in [2.24, 2.45) is 5.73 Å². The standard InChI is InChI=1S/C18H29N3/c19-15-18(20-21-13-5-2-6-14-21)11-9-17(10-12-18)16-7-3-1-4-8-16/h1,3-4,7-8,17,20H,2,5-6,9-15,19H2. The van der Waals surface area contributed by atoms with E-state index in [1.54, 1.807) is 0 Å². The molecule has 0 radical (unpaired) electrons. The number of nitrogens with zero attached hydrogens (tertiary/aromatic N) is 1. The number of benzene rings is 1. The molecule has 1 aromatic rings. The lowest BCUT2D eigenvalue weighted by atomic mass is 9.74. The first-order chi connectivity index (χ1) is 10.3. The topological polar surface area (TPSA) is 41.3 Å². The van der Waals surface area contributed by atoms with Crippen molar-refractivity contribution in [3.05, 3.63) is 35.9 Å². The third kappa shape index (κ3) is 3.65. The summed E-state index contributed by atoms with van der Waals surface area (Å²) in [6.45, 7) is 3.12. The van der Waals surface area contributed by atoms with Crippen molar-refractivity contribution in [3.63, 3.8) is 0 Å². The summed E-state index contributed by atoms with van der Waals surface area (Å²) in [6.07, 6.45) is 8.91. The van der Waals surface area contributed by atoms with Crippen LogP contribution in [0.3, 0.4) is 0 Å². The van der Waals surface area contributed by atoms with E-state index in [4.69, 9.17) is 5.73 Å². The smallest absolute Gasteiger partial charge is 0.0448 e. The molecule has 3 heteroatoms. The Balaban J connectivity index is 1.59. The summed E-state index contributed by atoms with van der Waals surface area (Å²) >= 11 is 0. The molecule has 0 atom stereocenters. The molecule has 116 valence electrons. The van der Waals surface area contributed by atoms with Crippen LogP contribution in [0.1, 0.15) is 56.4 Å². The minimum absolute atomic E-state index is 0.141. The number of hydrogen-bond donors (Lipinski definition) is 2. The van der Waals surface area contributed by atoms with E-state index in [9.17, 15) is 0 Å². The van der Waals surface area contributed by atoms with Crippen LogP contribution >= 0.6 is 0 Å². The maximum atomic E-state index is 6.15. The van der Waals surface area contributed by atoms with Crippen LogP contribution in [0.2, 0.25) is 0 Å². The molecule has 2 aliphatic rings. The van der Waals surface area contributed by atoms with Crippen LogP contribution in [-0.2, 0) is 0 Å². The molecule has 0 unspecified atom stereocenters. The Labute approximate surface area is 128 Å². The highest BCUT2D eigenvalue weighted by Gasteiger charge is 2.36. The van der Waals surface area contributed by atoms with E-state index in [0.717, 1.165) is 6.54 Å². The summed E-state index contributed by atoms with van der Waals surface area (Å²) in [5.41, 5.74) is 11.6. The molecule has 2 fully saturated rings. The minimum Gasteiger partial charge on any atom is -0.329 e. The molecule has 1 saturated heterocycles. The van der Waals surface area contributed by atoms with E-state index in [-0.39, 0.29) is 5.54 Å². The van der Waals surface area contributed by atoms with Crippen molar-refractivity contribution >= 4 is 0 Å². The number of nitrogens with one attached hydrogen (secondary N) is 1. The molecular weight excluding hydrogens is 258 g/mol. The Hall–Kier alpha value is -0.900. The highest BCUT2D eigenvalue weighted by molar-refractivity contribution is 5.20. The summed E-state index contributed by atoms with van der Waals surface area (Å²) in [5, 5.41) is 2.43. The van der Waals surface area contributed by atoms with Crippen molar-refractivity contribution < 1.29 is 0 Å². The third-order valence-electron chi connectivity index (χ3n) is 5.36. The first-order valence-electron chi connectivity index (χ1n) is 8.59. The normalized spacial score (nSPS) is 31.2. The third-order valence-corrected chi connectivity index (χ3v) is 5.36. The van der Waals surface area contributed by atoms with Crippen LogP contribution in [-0.4, -0.2) is 30.2 Å². The van der Waals surface area contributed by atoms with Gasteiger partial charge in [0, 0.05) is 25.2 Å². The van der Waals surface area contributed by atoms with Gasteiger partial charge in [-0.15, -0.1) is 0 Å². The number of hydrogen-bond acceptors (Lipinski definition) is 3. The molecule has 0 amide bonds. The van der Waals surface area contributed by atoms with Gasteiger partial charge in [-0.1, -0.05) is 36.8 Å². The van der Waals surface area contributed by atoms with E-state index in [0.29, 0.717) is 5.92 Å². The van der Waals surface area contributed by atoms with E-state index in [1.807, 2.05) is 0 Å². The average Bonchev–Trinajstić information content (AvgIpc) is 2.57. The molecule has 1 heterocycles. The Bertz CT molecular complexity index is 417. The van der Waals surface area contributed by atoms with Gasteiger partial charge in [0.25, 0.3) is 0 Å². The fraction of sp³-hybridized carbons (Fsp3) is 0.667. The summed E-state index contributed by atoms with van der Waals surface area (Å²) in [4.78, 5) is 0. The maximum absolute atomic E-state index is 6.15. The van der Waals surface area contributed by atoms with Crippen LogP contribution in [0.15, 0.2) is 30.3 Å². The van der Waals surface area contributed by atoms with Gasteiger partial charge in [-0.05, 0) is 50.0 Å². The van der Waals surface area contributed by atoms with Gasteiger partial charge in [0.2, 0.25) is 0 Å². The Morgan fingerprint density at radius 1 is 1.05 bits per heavy atom. The monoisotopic (exact) mass is 287 g/mol. The summed E-state index contributed by atoms with van der Waals surface area (Å²) in [7, 11) is 0. The van der Waals surface area contributed by atoms with Crippen molar-refractivity contribution in [1.29, 1.82) is 0 Å². The lowest BCUT2D eigenvalue weighted by molar-refractivity contribution is 0.0584. The zero-order valence-electron chi connectivity index (χ0n) is 13.1. The van der Waals surface area contributed by atoms with Gasteiger partial charge in [-0.25, -0.2) is 10.4 Å². The molecular formula is C18H29N3. The Morgan fingerprint density at radius 2 is 1.71 bits per heavy atom. The summed E-state index contributed by atoms with van der Waals surface area (Å²) < 4.78 is 0. The van der Waals surface area contributed by atoms with Crippen molar-refractivity contribution in [3.8, 4) is 0 Å². The van der Waals surface area contributed by atoms with Gasteiger partial charge in [-0.2, -0.15) is 0 Å².